The zero-order chi connectivity index (χ0) is 26.1. The fraction of sp³-hybridized carbons (Fsp3) is 0.241. The van der Waals surface area contributed by atoms with Crippen LogP contribution in [0, 0.1) is 12.8 Å². The Kier molecular flexibility index (Phi) is 6.76. The number of benzene rings is 2. The molecule has 8 heteroatoms. The standard InChI is InChI=1S/C29H27N3O4S/c1-17(2)11-14-36-21-6-4-5-20(16-21)25-24(26(33)19-9-12-30-13-10-19)27(34)28(35)32(25)29-31-22-8-7-18(3)15-23(22)37-29/h4-10,12-13,15-17,25,33H,11,14H2,1-3H3/b26-24+. The van der Waals surface area contributed by atoms with Crippen molar-refractivity contribution in [3.05, 3.63) is 89.3 Å². The smallest absolute Gasteiger partial charge is 0.301 e. The minimum absolute atomic E-state index is 0.00553. The summed E-state index contributed by atoms with van der Waals surface area (Å²) in [5.41, 5.74) is 2.87. The Labute approximate surface area is 219 Å². The van der Waals surface area contributed by atoms with Gasteiger partial charge in [-0.2, -0.15) is 0 Å². The van der Waals surface area contributed by atoms with Gasteiger partial charge < -0.3 is 9.84 Å². The highest BCUT2D eigenvalue weighted by atomic mass is 32.1. The number of anilines is 1. The van der Waals surface area contributed by atoms with E-state index in [1.165, 1.54) is 28.6 Å². The average Bonchev–Trinajstić information content (AvgIpc) is 3.41. The van der Waals surface area contributed by atoms with E-state index in [9.17, 15) is 14.7 Å². The number of aryl methyl sites for hydroxylation is 1. The Morgan fingerprint density at radius 1 is 1.11 bits per heavy atom. The number of ketones is 1. The molecule has 3 heterocycles. The Morgan fingerprint density at radius 3 is 2.65 bits per heavy atom. The number of hydrogen-bond acceptors (Lipinski definition) is 7. The fourth-order valence-electron chi connectivity index (χ4n) is 4.32. The van der Waals surface area contributed by atoms with Crippen molar-refractivity contribution in [2.45, 2.75) is 33.2 Å². The highest BCUT2D eigenvalue weighted by molar-refractivity contribution is 7.22. The number of fused-ring (bicyclic) bond motifs is 1. The second kappa shape index (κ2) is 10.1. The zero-order valence-electron chi connectivity index (χ0n) is 20.8. The van der Waals surface area contributed by atoms with Gasteiger partial charge in [-0.1, -0.05) is 43.4 Å². The van der Waals surface area contributed by atoms with Crippen molar-refractivity contribution in [1.82, 2.24) is 9.97 Å². The van der Waals surface area contributed by atoms with E-state index in [0.29, 0.717) is 34.5 Å². The van der Waals surface area contributed by atoms with Crippen LogP contribution in [0.5, 0.6) is 5.75 Å². The molecule has 0 spiro atoms. The lowest BCUT2D eigenvalue weighted by Crippen LogP contribution is -2.29. The second-order valence-corrected chi connectivity index (χ2v) is 10.5. The number of Topliss-reactive ketones (excluding diaryl/α,β-unsaturated/α-hetero) is 1. The summed E-state index contributed by atoms with van der Waals surface area (Å²) in [6.45, 7) is 6.80. The number of ether oxygens (including phenoxy) is 1. The molecular formula is C29H27N3O4S. The first-order valence-electron chi connectivity index (χ1n) is 12.1. The van der Waals surface area contributed by atoms with Gasteiger partial charge in [-0.15, -0.1) is 0 Å². The molecule has 1 saturated heterocycles. The Balaban J connectivity index is 1.65. The summed E-state index contributed by atoms with van der Waals surface area (Å²) in [5, 5.41) is 11.7. The maximum Gasteiger partial charge on any atom is 0.301 e. The van der Waals surface area contributed by atoms with Gasteiger partial charge in [0.25, 0.3) is 5.78 Å². The first-order valence-corrected chi connectivity index (χ1v) is 13.0. The third-order valence-electron chi connectivity index (χ3n) is 6.27. The lowest BCUT2D eigenvalue weighted by Gasteiger charge is -2.23. The largest absolute Gasteiger partial charge is 0.507 e. The number of rotatable bonds is 7. The predicted molar refractivity (Wildman–Crippen MR) is 145 cm³/mol. The van der Waals surface area contributed by atoms with E-state index in [1.54, 1.807) is 12.1 Å². The number of carbonyl (C=O) groups is 2. The van der Waals surface area contributed by atoms with Crippen LogP contribution in [0.3, 0.4) is 0 Å². The van der Waals surface area contributed by atoms with Gasteiger partial charge in [0.2, 0.25) is 0 Å². The minimum atomic E-state index is -0.872. The quantitative estimate of drug-likeness (QED) is 0.184. The molecule has 0 aliphatic carbocycles. The molecule has 1 aliphatic heterocycles. The molecule has 188 valence electrons. The van der Waals surface area contributed by atoms with Gasteiger partial charge in [0.1, 0.15) is 11.5 Å². The van der Waals surface area contributed by atoms with Crippen LogP contribution in [0.1, 0.15) is 43.0 Å². The Bertz CT molecular complexity index is 1510. The molecule has 1 N–H and O–H groups in total. The van der Waals surface area contributed by atoms with E-state index in [0.717, 1.165) is 22.2 Å². The molecule has 1 unspecified atom stereocenters. The van der Waals surface area contributed by atoms with Crippen LogP contribution in [0.4, 0.5) is 5.13 Å². The molecule has 1 fully saturated rings. The number of aromatic nitrogens is 2. The fourth-order valence-corrected chi connectivity index (χ4v) is 5.41. The molecular weight excluding hydrogens is 486 g/mol. The van der Waals surface area contributed by atoms with Crippen LogP contribution >= 0.6 is 11.3 Å². The van der Waals surface area contributed by atoms with Crippen molar-refractivity contribution >= 4 is 44.1 Å². The number of nitrogens with zero attached hydrogens (tertiary/aromatic N) is 3. The van der Waals surface area contributed by atoms with Crippen LogP contribution in [-0.2, 0) is 9.59 Å². The van der Waals surface area contributed by atoms with Crippen molar-refractivity contribution < 1.29 is 19.4 Å². The average molecular weight is 514 g/mol. The van der Waals surface area contributed by atoms with E-state index >= 15 is 0 Å². The molecule has 2 aromatic carbocycles. The van der Waals surface area contributed by atoms with Crippen molar-refractivity contribution in [3.8, 4) is 5.75 Å². The van der Waals surface area contributed by atoms with Gasteiger partial charge >= 0.3 is 5.91 Å². The summed E-state index contributed by atoms with van der Waals surface area (Å²) in [6.07, 6.45) is 3.95. The summed E-state index contributed by atoms with van der Waals surface area (Å²) in [7, 11) is 0. The maximum atomic E-state index is 13.5. The number of thiazole rings is 1. The number of carbonyl (C=O) groups excluding carboxylic acids is 2. The SMILES string of the molecule is Cc1ccc2nc(N3C(=O)C(=O)/C(=C(/O)c4ccncc4)C3c3cccc(OCCC(C)C)c3)sc2c1. The molecule has 1 atom stereocenters. The van der Waals surface area contributed by atoms with Gasteiger partial charge in [-0.3, -0.25) is 19.5 Å². The third kappa shape index (κ3) is 4.84. The number of aliphatic hydroxyl groups excluding tert-OH is 1. The first kappa shape index (κ1) is 24.6. The van der Waals surface area contributed by atoms with Crippen LogP contribution in [0.2, 0.25) is 0 Å². The molecule has 0 saturated carbocycles. The highest BCUT2D eigenvalue weighted by Gasteiger charge is 2.48. The number of pyridine rings is 1. The van der Waals surface area contributed by atoms with E-state index in [4.69, 9.17) is 4.74 Å². The van der Waals surface area contributed by atoms with Crippen molar-refractivity contribution in [2.75, 3.05) is 11.5 Å². The summed E-state index contributed by atoms with van der Waals surface area (Å²) < 4.78 is 6.88. The third-order valence-corrected chi connectivity index (χ3v) is 7.29. The van der Waals surface area contributed by atoms with Crippen molar-refractivity contribution in [3.63, 3.8) is 0 Å². The Hall–Kier alpha value is -4.04. The lowest BCUT2D eigenvalue weighted by molar-refractivity contribution is -0.132. The minimum Gasteiger partial charge on any atom is -0.507 e. The van der Waals surface area contributed by atoms with Gasteiger partial charge in [0.05, 0.1) is 28.4 Å². The number of aliphatic hydroxyl groups is 1. The Morgan fingerprint density at radius 2 is 1.89 bits per heavy atom. The molecule has 1 amide bonds. The van der Waals surface area contributed by atoms with E-state index in [1.807, 2.05) is 49.4 Å². The predicted octanol–water partition coefficient (Wildman–Crippen LogP) is 6.05. The van der Waals surface area contributed by atoms with Gasteiger partial charge in [0.15, 0.2) is 5.13 Å². The van der Waals surface area contributed by atoms with E-state index in [2.05, 4.69) is 23.8 Å². The van der Waals surface area contributed by atoms with Crippen molar-refractivity contribution in [2.24, 2.45) is 5.92 Å². The topological polar surface area (TPSA) is 92.6 Å². The monoisotopic (exact) mass is 513 g/mol. The molecule has 4 aromatic rings. The van der Waals surface area contributed by atoms with Gasteiger partial charge in [-0.25, -0.2) is 4.98 Å². The molecule has 7 nitrogen and oxygen atoms in total. The maximum absolute atomic E-state index is 13.5. The summed E-state index contributed by atoms with van der Waals surface area (Å²) in [5.74, 6) is -0.620. The van der Waals surface area contributed by atoms with Crippen molar-refractivity contribution in [1.29, 1.82) is 0 Å². The van der Waals surface area contributed by atoms with E-state index in [-0.39, 0.29) is 11.3 Å². The zero-order valence-corrected chi connectivity index (χ0v) is 21.7. The normalized spacial score (nSPS) is 17.2. The summed E-state index contributed by atoms with van der Waals surface area (Å²) >= 11 is 1.34. The molecule has 0 radical (unpaired) electrons. The van der Waals surface area contributed by atoms with Gasteiger partial charge in [-0.05, 0) is 66.8 Å². The summed E-state index contributed by atoms with van der Waals surface area (Å²) in [6, 6.07) is 15.5. The number of amides is 1. The van der Waals surface area contributed by atoms with Crippen LogP contribution in [0.25, 0.3) is 16.0 Å². The number of hydrogen-bond donors (Lipinski definition) is 1. The van der Waals surface area contributed by atoms with E-state index < -0.39 is 17.7 Å². The molecule has 2 aromatic heterocycles. The molecule has 37 heavy (non-hydrogen) atoms. The summed E-state index contributed by atoms with van der Waals surface area (Å²) in [4.78, 5) is 36.9. The first-order chi connectivity index (χ1) is 17.8. The molecule has 5 rings (SSSR count). The second-order valence-electron chi connectivity index (χ2n) is 9.48. The van der Waals surface area contributed by atoms with Gasteiger partial charge in [0, 0.05) is 18.0 Å². The highest BCUT2D eigenvalue weighted by Crippen LogP contribution is 2.44. The van der Waals surface area contributed by atoms with Crippen LogP contribution in [0.15, 0.2) is 72.6 Å². The molecule has 1 aliphatic rings. The lowest BCUT2D eigenvalue weighted by atomic mass is 9.95. The van der Waals surface area contributed by atoms with Crippen LogP contribution < -0.4 is 9.64 Å². The van der Waals surface area contributed by atoms with Crippen LogP contribution in [-0.4, -0.2) is 33.4 Å². The molecule has 0 bridgehead atoms.